The molecule has 0 aliphatic carbocycles. The van der Waals surface area contributed by atoms with Crippen LogP contribution in [0.1, 0.15) is 46.0 Å². The van der Waals surface area contributed by atoms with E-state index >= 15 is 0 Å². The molecule has 1 aliphatic rings. The van der Waals surface area contributed by atoms with Gasteiger partial charge in [0.05, 0.1) is 0 Å². The van der Waals surface area contributed by atoms with Crippen LogP contribution >= 0.6 is 0 Å². The van der Waals surface area contributed by atoms with E-state index in [0.29, 0.717) is 12.8 Å². The molecule has 0 radical (unpaired) electrons. The SMILES string of the molecule is CC[C@@](C)(O)C(=O)CCCC[C@@H]1C=CC(=O)O1. The van der Waals surface area contributed by atoms with Crippen LogP contribution in [0, 0.1) is 0 Å². The molecule has 0 aromatic rings. The van der Waals surface area contributed by atoms with Gasteiger partial charge in [-0.3, -0.25) is 4.79 Å². The van der Waals surface area contributed by atoms with E-state index in [1.807, 2.05) is 0 Å². The van der Waals surface area contributed by atoms with E-state index in [0.717, 1.165) is 19.3 Å². The maximum absolute atomic E-state index is 11.6. The number of Topliss-reactive ketones (excluding diaryl/α,β-unsaturated/α-hetero) is 1. The van der Waals surface area contributed by atoms with E-state index in [9.17, 15) is 14.7 Å². The molecule has 17 heavy (non-hydrogen) atoms. The van der Waals surface area contributed by atoms with Crippen molar-refractivity contribution in [3.8, 4) is 0 Å². The van der Waals surface area contributed by atoms with Crippen molar-refractivity contribution in [2.75, 3.05) is 0 Å². The third-order valence-electron chi connectivity index (χ3n) is 3.15. The Hall–Kier alpha value is -1.16. The lowest BCUT2D eigenvalue weighted by molar-refractivity contribution is -0.139. The summed E-state index contributed by atoms with van der Waals surface area (Å²) in [5.74, 6) is -0.404. The molecule has 1 N–H and O–H groups in total. The summed E-state index contributed by atoms with van der Waals surface area (Å²) in [4.78, 5) is 22.4. The summed E-state index contributed by atoms with van der Waals surface area (Å²) < 4.78 is 4.97. The number of rotatable bonds is 7. The van der Waals surface area contributed by atoms with Gasteiger partial charge in [0, 0.05) is 12.5 Å². The second kappa shape index (κ2) is 5.96. The van der Waals surface area contributed by atoms with Crippen LogP contribution in [0.3, 0.4) is 0 Å². The molecule has 0 aromatic carbocycles. The summed E-state index contributed by atoms with van der Waals surface area (Å²) in [5.41, 5.74) is -1.19. The number of carbonyl (C=O) groups excluding carboxylic acids is 2. The highest BCUT2D eigenvalue weighted by atomic mass is 16.5. The second-order valence-electron chi connectivity index (χ2n) is 4.63. The highest BCUT2D eigenvalue weighted by Gasteiger charge is 2.26. The average molecular weight is 240 g/mol. The lowest BCUT2D eigenvalue weighted by Gasteiger charge is -2.19. The van der Waals surface area contributed by atoms with Crippen LogP contribution in [0.5, 0.6) is 0 Å². The first-order valence-electron chi connectivity index (χ1n) is 6.10. The Balaban J connectivity index is 2.14. The molecule has 4 nitrogen and oxygen atoms in total. The topological polar surface area (TPSA) is 63.6 Å². The zero-order valence-corrected chi connectivity index (χ0v) is 10.4. The average Bonchev–Trinajstić information content (AvgIpc) is 2.70. The van der Waals surface area contributed by atoms with Crippen LogP contribution in [-0.2, 0) is 14.3 Å². The second-order valence-corrected chi connectivity index (χ2v) is 4.63. The molecule has 0 saturated carbocycles. The molecule has 0 saturated heterocycles. The van der Waals surface area contributed by atoms with Gasteiger partial charge < -0.3 is 9.84 Å². The van der Waals surface area contributed by atoms with Crippen molar-refractivity contribution in [1.29, 1.82) is 0 Å². The number of carbonyl (C=O) groups is 2. The number of ether oxygens (including phenoxy) is 1. The molecule has 2 atom stereocenters. The molecule has 1 rings (SSSR count). The summed E-state index contributed by atoms with van der Waals surface area (Å²) in [5, 5.41) is 9.71. The first kappa shape index (κ1) is 13.9. The Morgan fingerprint density at radius 1 is 1.53 bits per heavy atom. The van der Waals surface area contributed by atoms with Gasteiger partial charge in [0.2, 0.25) is 0 Å². The minimum Gasteiger partial charge on any atom is -0.455 e. The quantitative estimate of drug-likeness (QED) is 0.544. The van der Waals surface area contributed by atoms with Crippen molar-refractivity contribution in [3.05, 3.63) is 12.2 Å². The number of unbranched alkanes of at least 4 members (excludes halogenated alkanes) is 1. The number of esters is 1. The van der Waals surface area contributed by atoms with E-state index in [-0.39, 0.29) is 17.9 Å². The number of hydrogen-bond acceptors (Lipinski definition) is 4. The molecular formula is C13H20O4. The lowest BCUT2D eigenvalue weighted by atomic mass is 9.93. The van der Waals surface area contributed by atoms with Gasteiger partial charge in [0.1, 0.15) is 11.7 Å². The van der Waals surface area contributed by atoms with Crippen LogP contribution in [0.2, 0.25) is 0 Å². The minimum atomic E-state index is -1.19. The third-order valence-corrected chi connectivity index (χ3v) is 3.15. The van der Waals surface area contributed by atoms with Gasteiger partial charge in [-0.1, -0.05) is 6.92 Å². The van der Waals surface area contributed by atoms with Crippen molar-refractivity contribution in [3.63, 3.8) is 0 Å². The Bertz CT molecular complexity index is 317. The zero-order chi connectivity index (χ0) is 12.9. The first-order chi connectivity index (χ1) is 7.95. The van der Waals surface area contributed by atoms with Crippen molar-refractivity contribution in [2.24, 2.45) is 0 Å². The summed E-state index contributed by atoms with van der Waals surface area (Å²) in [6.07, 6.45) is 6.13. The maximum Gasteiger partial charge on any atom is 0.331 e. The van der Waals surface area contributed by atoms with Gasteiger partial charge in [-0.25, -0.2) is 4.79 Å². The summed E-state index contributed by atoms with van der Waals surface area (Å²) >= 11 is 0. The van der Waals surface area contributed by atoms with Crippen molar-refractivity contribution < 1.29 is 19.4 Å². The molecule has 0 aromatic heterocycles. The van der Waals surface area contributed by atoms with Gasteiger partial charge >= 0.3 is 5.97 Å². The summed E-state index contributed by atoms with van der Waals surface area (Å²) in [6, 6.07) is 0. The Kier molecular flexibility index (Phi) is 4.87. The zero-order valence-electron chi connectivity index (χ0n) is 10.4. The fraction of sp³-hybridized carbons (Fsp3) is 0.692. The fourth-order valence-corrected chi connectivity index (χ4v) is 1.67. The predicted octanol–water partition coefficient (Wildman–Crippen LogP) is 1.76. The Morgan fingerprint density at radius 2 is 2.24 bits per heavy atom. The van der Waals surface area contributed by atoms with Crippen LogP contribution in [0.25, 0.3) is 0 Å². The van der Waals surface area contributed by atoms with Gasteiger partial charge in [0.15, 0.2) is 5.78 Å². The minimum absolute atomic E-state index is 0.112. The molecule has 4 heteroatoms. The molecule has 0 amide bonds. The molecule has 1 aliphatic heterocycles. The van der Waals surface area contributed by atoms with Crippen molar-refractivity contribution in [1.82, 2.24) is 0 Å². The van der Waals surface area contributed by atoms with Crippen molar-refractivity contribution in [2.45, 2.75) is 57.7 Å². The van der Waals surface area contributed by atoms with E-state index in [2.05, 4.69) is 0 Å². The van der Waals surface area contributed by atoms with Gasteiger partial charge in [-0.2, -0.15) is 0 Å². The van der Waals surface area contributed by atoms with Gasteiger partial charge in [0.25, 0.3) is 0 Å². The molecule has 0 spiro atoms. The monoisotopic (exact) mass is 240 g/mol. The highest BCUT2D eigenvalue weighted by molar-refractivity contribution is 5.86. The number of aliphatic hydroxyl groups is 1. The van der Waals surface area contributed by atoms with Crippen molar-refractivity contribution >= 4 is 11.8 Å². The van der Waals surface area contributed by atoms with Crippen LogP contribution in [0.15, 0.2) is 12.2 Å². The van der Waals surface area contributed by atoms with Crippen LogP contribution < -0.4 is 0 Å². The molecule has 1 heterocycles. The molecule has 0 fully saturated rings. The van der Waals surface area contributed by atoms with Crippen LogP contribution in [0.4, 0.5) is 0 Å². The van der Waals surface area contributed by atoms with E-state index < -0.39 is 5.60 Å². The first-order valence-corrected chi connectivity index (χ1v) is 6.10. The van der Waals surface area contributed by atoms with E-state index in [4.69, 9.17) is 4.74 Å². The smallest absolute Gasteiger partial charge is 0.331 e. The highest BCUT2D eigenvalue weighted by Crippen LogP contribution is 2.17. The molecule has 0 unspecified atom stereocenters. The Morgan fingerprint density at radius 3 is 2.76 bits per heavy atom. The summed E-state index contributed by atoms with van der Waals surface area (Å²) in [6.45, 7) is 3.34. The number of ketones is 1. The van der Waals surface area contributed by atoms with E-state index in [1.165, 1.54) is 6.08 Å². The largest absolute Gasteiger partial charge is 0.455 e. The predicted molar refractivity (Wildman–Crippen MR) is 63.4 cm³/mol. The molecular weight excluding hydrogens is 220 g/mol. The lowest BCUT2D eigenvalue weighted by Crippen LogP contribution is -2.33. The number of hydrogen-bond donors (Lipinski definition) is 1. The summed E-state index contributed by atoms with van der Waals surface area (Å²) in [7, 11) is 0. The third kappa shape index (κ3) is 4.30. The Labute approximate surface area is 102 Å². The van der Waals surface area contributed by atoms with Gasteiger partial charge in [-0.15, -0.1) is 0 Å². The maximum atomic E-state index is 11.6. The van der Waals surface area contributed by atoms with Crippen LogP contribution in [-0.4, -0.2) is 28.6 Å². The molecule has 96 valence electrons. The van der Waals surface area contributed by atoms with Gasteiger partial charge in [-0.05, 0) is 38.7 Å². The van der Waals surface area contributed by atoms with E-state index in [1.54, 1.807) is 19.9 Å². The normalized spacial score (nSPS) is 22.3. The molecule has 0 bridgehead atoms. The fourth-order valence-electron chi connectivity index (χ4n) is 1.67. The number of cyclic esters (lactones) is 1. The standard InChI is InChI=1S/C13H20O4/c1-3-13(2,16)11(14)7-5-4-6-10-8-9-12(15)17-10/h8-10,16H,3-7H2,1-2H3/t10-,13-/m1/s1.